The molecule has 1 aliphatic rings. The molecule has 1 aromatic rings. The minimum absolute atomic E-state index is 0.0561. The molecule has 0 atom stereocenters. The highest BCUT2D eigenvalue weighted by Gasteiger charge is 2.17. The largest absolute Gasteiger partial charge is 0.356 e. The molecule has 0 saturated carbocycles. The van der Waals surface area contributed by atoms with Crippen LogP contribution < -0.4 is 17.1 Å². The van der Waals surface area contributed by atoms with Crippen molar-refractivity contribution in [1.29, 1.82) is 0 Å². The predicted octanol–water partition coefficient (Wildman–Crippen LogP) is -1.31. The normalized spacial score (nSPS) is 14.4. The molecule has 0 aliphatic carbocycles. The fraction of sp³-hybridized carbons (Fsp3) is 0.667. The van der Waals surface area contributed by atoms with E-state index in [1.807, 2.05) is 0 Å². The van der Waals surface area contributed by atoms with Crippen molar-refractivity contribution in [2.45, 2.75) is 38.8 Å². The number of rotatable bonds is 4. The Morgan fingerprint density at radius 3 is 3.06 bits per heavy atom. The van der Waals surface area contributed by atoms with E-state index < -0.39 is 5.97 Å². The third kappa shape index (κ3) is 2.53. The number of nitrogens with zero attached hydrogens (tertiary/aromatic N) is 3. The molecule has 8 nitrogen and oxygen atoms in total. The lowest BCUT2D eigenvalue weighted by molar-refractivity contribution is -0.151. The Labute approximate surface area is 97.3 Å². The molecule has 0 fully saturated rings. The summed E-state index contributed by atoms with van der Waals surface area (Å²) in [7, 11) is 0. The van der Waals surface area contributed by atoms with Crippen molar-refractivity contribution >= 4 is 5.97 Å². The lowest BCUT2D eigenvalue weighted by Crippen LogP contribution is -2.29. The number of aryl methyl sites for hydroxylation is 2. The van der Waals surface area contributed by atoms with E-state index in [9.17, 15) is 9.59 Å². The van der Waals surface area contributed by atoms with Gasteiger partial charge in [0.15, 0.2) is 0 Å². The van der Waals surface area contributed by atoms with Gasteiger partial charge in [-0.15, -0.1) is 0 Å². The van der Waals surface area contributed by atoms with Gasteiger partial charge in [-0.3, -0.25) is 9.36 Å². The van der Waals surface area contributed by atoms with E-state index in [-0.39, 0.29) is 18.7 Å². The van der Waals surface area contributed by atoms with Crippen molar-refractivity contribution < 1.29 is 9.63 Å². The van der Waals surface area contributed by atoms with Gasteiger partial charge in [0.1, 0.15) is 5.82 Å². The van der Waals surface area contributed by atoms with E-state index in [0.717, 1.165) is 25.1 Å². The van der Waals surface area contributed by atoms with Crippen molar-refractivity contribution in [3.63, 3.8) is 0 Å². The monoisotopic (exact) mass is 241 g/mol. The molecular weight excluding hydrogens is 226 g/mol. The maximum atomic E-state index is 11.9. The van der Waals surface area contributed by atoms with Gasteiger partial charge in [0.2, 0.25) is 0 Å². The third-order valence-corrected chi connectivity index (χ3v) is 2.73. The first kappa shape index (κ1) is 11.8. The number of hydrazine groups is 1. The van der Waals surface area contributed by atoms with E-state index >= 15 is 0 Å². The third-order valence-electron chi connectivity index (χ3n) is 2.73. The number of nitrogens with one attached hydrogen (secondary N) is 1. The Balaban J connectivity index is 2.04. The summed E-state index contributed by atoms with van der Waals surface area (Å²) >= 11 is 0. The highest BCUT2D eigenvalue weighted by molar-refractivity contribution is 5.68. The van der Waals surface area contributed by atoms with Crippen LogP contribution in [0.2, 0.25) is 0 Å². The number of aromatic nitrogens is 3. The van der Waals surface area contributed by atoms with Gasteiger partial charge in [-0.25, -0.2) is 15.3 Å². The molecule has 3 N–H and O–H groups in total. The first-order valence-corrected chi connectivity index (χ1v) is 5.54. The molecule has 17 heavy (non-hydrogen) atoms. The van der Waals surface area contributed by atoms with Crippen molar-refractivity contribution in [3.8, 4) is 0 Å². The second-order valence-corrected chi connectivity index (χ2v) is 3.87. The molecule has 0 spiro atoms. The molecule has 1 aromatic heterocycles. The highest BCUT2D eigenvalue weighted by atomic mass is 16.7. The first-order valence-electron chi connectivity index (χ1n) is 5.54. The van der Waals surface area contributed by atoms with Crippen molar-refractivity contribution in [1.82, 2.24) is 19.9 Å². The number of hydrogen-bond acceptors (Lipinski definition) is 6. The van der Waals surface area contributed by atoms with Crippen LogP contribution in [0.5, 0.6) is 0 Å². The zero-order valence-electron chi connectivity index (χ0n) is 9.39. The Kier molecular flexibility index (Phi) is 3.55. The average Bonchev–Trinajstić information content (AvgIpc) is 2.65. The van der Waals surface area contributed by atoms with Gasteiger partial charge in [-0.1, -0.05) is 5.59 Å². The van der Waals surface area contributed by atoms with Crippen LogP contribution >= 0.6 is 0 Å². The van der Waals surface area contributed by atoms with Gasteiger partial charge in [-0.2, -0.15) is 5.10 Å². The van der Waals surface area contributed by atoms with Gasteiger partial charge < -0.3 is 4.84 Å². The maximum Gasteiger partial charge on any atom is 0.345 e. The molecule has 0 unspecified atom stereocenters. The second kappa shape index (κ2) is 5.11. The Morgan fingerprint density at radius 1 is 1.53 bits per heavy atom. The summed E-state index contributed by atoms with van der Waals surface area (Å²) in [5.41, 5.74) is 1.65. The summed E-state index contributed by atoms with van der Waals surface area (Å²) in [6.45, 7) is 0.919. The van der Waals surface area contributed by atoms with Crippen LogP contribution in [0.3, 0.4) is 0 Å². The van der Waals surface area contributed by atoms with E-state index in [4.69, 9.17) is 5.84 Å². The molecular formula is C9H15N5O3. The van der Waals surface area contributed by atoms with Gasteiger partial charge in [0.25, 0.3) is 0 Å². The Bertz CT molecular complexity index is 464. The second-order valence-electron chi connectivity index (χ2n) is 3.87. The van der Waals surface area contributed by atoms with Crippen molar-refractivity contribution in [2.24, 2.45) is 5.84 Å². The van der Waals surface area contributed by atoms with E-state index in [1.54, 1.807) is 10.2 Å². The van der Waals surface area contributed by atoms with Crippen LogP contribution in [0.4, 0.5) is 0 Å². The molecule has 1 aliphatic heterocycles. The molecule has 2 rings (SSSR count). The quantitative estimate of drug-likeness (QED) is 0.501. The summed E-state index contributed by atoms with van der Waals surface area (Å²) in [4.78, 5) is 27.3. The average molecular weight is 241 g/mol. The fourth-order valence-corrected chi connectivity index (χ4v) is 1.91. The number of nitrogens with two attached hydrogens (primary N) is 1. The van der Waals surface area contributed by atoms with Gasteiger partial charge in [0.05, 0.1) is 13.0 Å². The minimum atomic E-state index is -0.523. The molecule has 8 heteroatoms. The van der Waals surface area contributed by atoms with Gasteiger partial charge in [-0.05, 0) is 12.8 Å². The zero-order chi connectivity index (χ0) is 12.3. The summed E-state index contributed by atoms with van der Waals surface area (Å²) < 4.78 is 2.97. The maximum absolute atomic E-state index is 11.9. The van der Waals surface area contributed by atoms with Crippen molar-refractivity contribution in [2.75, 3.05) is 0 Å². The van der Waals surface area contributed by atoms with Crippen molar-refractivity contribution in [3.05, 3.63) is 16.3 Å². The molecule has 0 amide bonds. The standard InChI is InChI=1S/C9H15N5O3/c10-12-17-8(15)4-6-14-9(16)13-5-2-1-3-7(13)11-14/h12H,1-6,10H2. The molecule has 2 heterocycles. The van der Waals surface area contributed by atoms with Crippen LogP contribution in [0.25, 0.3) is 0 Å². The lowest BCUT2D eigenvalue weighted by Gasteiger charge is -2.09. The van der Waals surface area contributed by atoms with Crippen LogP contribution in [-0.2, 0) is 29.1 Å². The molecule has 0 saturated heterocycles. The fourth-order valence-electron chi connectivity index (χ4n) is 1.91. The number of hydrogen-bond donors (Lipinski definition) is 2. The summed E-state index contributed by atoms with van der Waals surface area (Å²) in [6, 6.07) is 0. The smallest absolute Gasteiger partial charge is 0.345 e. The van der Waals surface area contributed by atoms with E-state index in [2.05, 4.69) is 9.94 Å². The molecule has 0 bridgehead atoms. The Hall–Kier alpha value is -1.67. The SMILES string of the molecule is NNOC(=O)CCn1nc2n(c1=O)CCCC2. The lowest BCUT2D eigenvalue weighted by atomic mass is 10.2. The van der Waals surface area contributed by atoms with Gasteiger partial charge >= 0.3 is 11.7 Å². The number of carbonyl (C=O) groups excluding carboxylic acids is 1. The first-order chi connectivity index (χ1) is 8.22. The molecule has 94 valence electrons. The zero-order valence-corrected chi connectivity index (χ0v) is 9.39. The Morgan fingerprint density at radius 2 is 2.35 bits per heavy atom. The molecule has 0 radical (unpaired) electrons. The topological polar surface area (TPSA) is 104 Å². The van der Waals surface area contributed by atoms with E-state index in [1.165, 1.54) is 4.68 Å². The van der Waals surface area contributed by atoms with E-state index in [0.29, 0.717) is 6.54 Å². The summed E-state index contributed by atoms with van der Waals surface area (Å²) in [5, 5.41) is 4.19. The van der Waals surface area contributed by atoms with Crippen LogP contribution in [0.1, 0.15) is 25.1 Å². The summed E-state index contributed by atoms with van der Waals surface area (Å²) in [6.07, 6.45) is 2.92. The minimum Gasteiger partial charge on any atom is -0.356 e. The van der Waals surface area contributed by atoms with Crippen LogP contribution in [-0.4, -0.2) is 20.3 Å². The molecule has 0 aromatic carbocycles. The van der Waals surface area contributed by atoms with Gasteiger partial charge in [0, 0.05) is 13.0 Å². The van der Waals surface area contributed by atoms with Crippen LogP contribution in [0.15, 0.2) is 4.79 Å². The number of fused-ring (bicyclic) bond motifs is 1. The predicted molar refractivity (Wildman–Crippen MR) is 57.5 cm³/mol. The summed E-state index contributed by atoms with van der Waals surface area (Å²) in [5.74, 6) is 5.10. The highest BCUT2D eigenvalue weighted by Crippen LogP contribution is 2.09. The number of carbonyl (C=O) groups is 1. The van der Waals surface area contributed by atoms with Crippen LogP contribution in [0, 0.1) is 0 Å².